The van der Waals surface area contributed by atoms with Gasteiger partial charge in [0, 0.05) is 6.42 Å². The molecule has 0 saturated heterocycles. The van der Waals surface area contributed by atoms with Crippen LogP contribution in [0.1, 0.15) is 38.7 Å². The van der Waals surface area contributed by atoms with E-state index < -0.39 is 12.0 Å². The van der Waals surface area contributed by atoms with Gasteiger partial charge in [0.25, 0.3) is 0 Å². The number of carbonyl (C=O) groups is 2. The van der Waals surface area contributed by atoms with E-state index in [0.717, 1.165) is 11.3 Å². The van der Waals surface area contributed by atoms with Crippen LogP contribution < -0.4 is 10.1 Å². The molecule has 22 heavy (non-hydrogen) atoms. The van der Waals surface area contributed by atoms with E-state index in [4.69, 9.17) is 9.84 Å². The van der Waals surface area contributed by atoms with E-state index in [0.29, 0.717) is 19.4 Å². The van der Waals surface area contributed by atoms with Crippen LogP contribution in [0.3, 0.4) is 0 Å². The Morgan fingerprint density at radius 1 is 1.32 bits per heavy atom. The van der Waals surface area contributed by atoms with E-state index in [9.17, 15) is 9.59 Å². The van der Waals surface area contributed by atoms with Crippen LogP contribution in [0.5, 0.6) is 5.75 Å². The highest BCUT2D eigenvalue weighted by atomic mass is 16.5. The molecular weight excluding hydrogens is 282 g/mol. The molecule has 1 aromatic carbocycles. The van der Waals surface area contributed by atoms with Crippen molar-refractivity contribution in [1.29, 1.82) is 0 Å². The van der Waals surface area contributed by atoms with Crippen molar-refractivity contribution in [3.8, 4) is 5.75 Å². The van der Waals surface area contributed by atoms with Crippen molar-refractivity contribution in [2.24, 2.45) is 5.92 Å². The second-order valence-corrected chi connectivity index (χ2v) is 5.49. The summed E-state index contributed by atoms with van der Waals surface area (Å²) < 4.78 is 5.61. The van der Waals surface area contributed by atoms with Crippen LogP contribution in [0, 0.1) is 12.8 Å². The van der Waals surface area contributed by atoms with Gasteiger partial charge in [-0.3, -0.25) is 4.79 Å². The lowest BCUT2D eigenvalue weighted by Gasteiger charge is -2.20. The molecule has 0 aliphatic rings. The number of carboxylic acids is 1. The quantitative estimate of drug-likeness (QED) is 0.688. The number of hydrogen-bond acceptors (Lipinski definition) is 3. The standard InChI is InChI=1S/C17H25NO4/c1-4-12(2)16(17(20)21)18-15(19)10-7-11-22-14-9-6-5-8-13(14)3/h5-6,8-9,12,16H,4,7,10-11H2,1-3H3,(H,18,19)(H,20,21). The number of carbonyl (C=O) groups excluding carboxylic acids is 1. The Labute approximate surface area is 131 Å². The molecule has 1 aromatic rings. The Hall–Kier alpha value is -2.04. The molecule has 2 N–H and O–H groups in total. The second kappa shape index (κ2) is 9.07. The van der Waals surface area contributed by atoms with Crippen LogP contribution in [0.25, 0.3) is 0 Å². The van der Waals surface area contributed by atoms with Crippen molar-refractivity contribution in [2.75, 3.05) is 6.61 Å². The fourth-order valence-corrected chi connectivity index (χ4v) is 2.06. The molecule has 122 valence electrons. The molecule has 0 aromatic heterocycles. The highest BCUT2D eigenvalue weighted by molar-refractivity contribution is 5.83. The van der Waals surface area contributed by atoms with Gasteiger partial charge in [-0.05, 0) is 30.9 Å². The first-order valence-electron chi connectivity index (χ1n) is 7.66. The maximum atomic E-state index is 11.8. The summed E-state index contributed by atoms with van der Waals surface area (Å²) in [6, 6.07) is 6.87. The van der Waals surface area contributed by atoms with Crippen molar-refractivity contribution < 1.29 is 19.4 Å². The van der Waals surface area contributed by atoms with Gasteiger partial charge in [-0.2, -0.15) is 0 Å². The maximum absolute atomic E-state index is 11.8. The van der Waals surface area contributed by atoms with Crippen molar-refractivity contribution in [2.45, 2.75) is 46.1 Å². The molecule has 1 rings (SSSR count). The van der Waals surface area contributed by atoms with Crippen LogP contribution in [0.15, 0.2) is 24.3 Å². The van der Waals surface area contributed by atoms with Gasteiger partial charge in [-0.25, -0.2) is 4.79 Å². The summed E-state index contributed by atoms with van der Waals surface area (Å²) in [6.45, 7) is 6.12. The summed E-state index contributed by atoms with van der Waals surface area (Å²) in [5.41, 5.74) is 1.05. The van der Waals surface area contributed by atoms with Crippen LogP contribution in [-0.4, -0.2) is 29.6 Å². The molecule has 0 radical (unpaired) electrons. The smallest absolute Gasteiger partial charge is 0.326 e. The molecule has 0 aliphatic heterocycles. The van der Waals surface area contributed by atoms with Gasteiger partial charge in [0.15, 0.2) is 0 Å². The summed E-state index contributed by atoms with van der Waals surface area (Å²) >= 11 is 0. The average molecular weight is 307 g/mol. The molecule has 0 aliphatic carbocycles. The van der Waals surface area contributed by atoms with E-state index in [1.54, 1.807) is 0 Å². The van der Waals surface area contributed by atoms with Gasteiger partial charge in [0.05, 0.1) is 6.61 Å². The fraction of sp³-hybridized carbons (Fsp3) is 0.529. The zero-order chi connectivity index (χ0) is 16.5. The van der Waals surface area contributed by atoms with Gasteiger partial charge in [0.1, 0.15) is 11.8 Å². The van der Waals surface area contributed by atoms with Crippen molar-refractivity contribution in [1.82, 2.24) is 5.32 Å². The molecule has 0 spiro atoms. The number of hydrogen-bond donors (Lipinski definition) is 2. The normalized spacial score (nSPS) is 13.2. The number of aryl methyl sites for hydroxylation is 1. The van der Waals surface area contributed by atoms with Crippen molar-refractivity contribution in [3.05, 3.63) is 29.8 Å². The number of ether oxygens (including phenoxy) is 1. The molecular formula is C17H25NO4. The Kier molecular flexibility index (Phi) is 7.43. The number of amides is 1. The van der Waals surface area contributed by atoms with Gasteiger partial charge < -0.3 is 15.2 Å². The number of rotatable bonds is 9. The molecule has 2 unspecified atom stereocenters. The highest BCUT2D eigenvalue weighted by Gasteiger charge is 2.24. The Morgan fingerprint density at radius 3 is 2.59 bits per heavy atom. The lowest BCUT2D eigenvalue weighted by molar-refractivity contribution is -0.143. The number of carboxylic acid groups (broad SMARTS) is 1. The van der Waals surface area contributed by atoms with Gasteiger partial charge in [-0.15, -0.1) is 0 Å². The molecule has 0 saturated carbocycles. The summed E-state index contributed by atoms with van der Waals surface area (Å²) in [5, 5.41) is 11.7. The Balaban J connectivity index is 2.34. The van der Waals surface area contributed by atoms with Gasteiger partial charge >= 0.3 is 5.97 Å². The molecule has 1 amide bonds. The fourth-order valence-electron chi connectivity index (χ4n) is 2.06. The van der Waals surface area contributed by atoms with Crippen molar-refractivity contribution in [3.63, 3.8) is 0 Å². The first-order valence-corrected chi connectivity index (χ1v) is 7.66. The topological polar surface area (TPSA) is 75.6 Å². The SMILES string of the molecule is CCC(C)C(NC(=O)CCCOc1ccccc1C)C(=O)O. The minimum Gasteiger partial charge on any atom is -0.493 e. The molecule has 0 heterocycles. The summed E-state index contributed by atoms with van der Waals surface area (Å²) in [5.74, 6) is -0.518. The van der Waals surface area contributed by atoms with E-state index in [2.05, 4.69) is 5.32 Å². The predicted octanol–water partition coefficient (Wildman–Crippen LogP) is 2.77. The number of aliphatic carboxylic acids is 1. The third-order valence-electron chi connectivity index (χ3n) is 3.69. The third-order valence-corrected chi connectivity index (χ3v) is 3.69. The van der Waals surface area contributed by atoms with Gasteiger partial charge in [-0.1, -0.05) is 38.5 Å². The van der Waals surface area contributed by atoms with Crippen LogP contribution in [0.4, 0.5) is 0 Å². The van der Waals surface area contributed by atoms with E-state index in [-0.39, 0.29) is 18.2 Å². The first-order chi connectivity index (χ1) is 10.5. The second-order valence-electron chi connectivity index (χ2n) is 5.49. The van der Waals surface area contributed by atoms with E-state index in [1.165, 1.54) is 0 Å². The summed E-state index contributed by atoms with van der Waals surface area (Å²) in [6.07, 6.45) is 1.51. The van der Waals surface area contributed by atoms with Crippen LogP contribution in [0.2, 0.25) is 0 Å². The third kappa shape index (κ3) is 5.76. The summed E-state index contributed by atoms with van der Waals surface area (Å²) in [7, 11) is 0. The molecule has 5 nitrogen and oxygen atoms in total. The zero-order valence-corrected chi connectivity index (χ0v) is 13.5. The van der Waals surface area contributed by atoms with E-state index in [1.807, 2.05) is 45.0 Å². The monoisotopic (exact) mass is 307 g/mol. The predicted molar refractivity (Wildman–Crippen MR) is 84.9 cm³/mol. The maximum Gasteiger partial charge on any atom is 0.326 e. The van der Waals surface area contributed by atoms with E-state index >= 15 is 0 Å². The largest absolute Gasteiger partial charge is 0.493 e. The molecule has 2 atom stereocenters. The van der Waals surface area contributed by atoms with Crippen LogP contribution >= 0.6 is 0 Å². The Bertz CT molecular complexity index is 501. The van der Waals surface area contributed by atoms with Crippen molar-refractivity contribution >= 4 is 11.9 Å². The molecule has 0 fully saturated rings. The first kappa shape index (κ1) is 18.0. The minimum atomic E-state index is -0.987. The Morgan fingerprint density at radius 2 is 2.00 bits per heavy atom. The highest BCUT2D eigenvalue weighted by Crippen LogP contribution is 2.16. The molecule has 5 heteroatoms. The lowest BCUT2D eigenvalue weighted by atomic mass is 9.99. The lowest BCUT2D eigenvalue weighted by Crippen LogP contribution is -2.45. The zero-order valence-electron chi connectivity index (χ0n) is 13.5. The minimum absolute atomic E-state index is 0.0929. The number of para-hydroxylation sites is 1. The number of benzene rings is 1. The average Bonchev–Trinajstić information content (AvgIpc) is 2.49. The summed E-state index contributed by atoms with van der Waals surface area (Å²) in [4.78, 5) is 23.0. The van der Waals surface area contributed by atoms with Crippen LogP contribution in [-0.2, 0) is 9.59 Å². The van der Waals surface area contributed by atoms with Gasteiger partial charge in [0.2, 0.25) is 5.91 Å². The molecule has 0 bridgehead atoms. The number of nitrogens with one attached hydrogen (secondary N) is 1.